The van der Waals surface area contributed by atoms with E-state index in [9.17, 15) is 0 Å². The predicted molar refractivity (Wildman–Crippen MR) is 81.7 cm³/mol. The van der Waals surface area contributed by atoms with Crippen molar-refractivity contribution in [3.8, 4) is 0 Å². The van der Waals surface area contributed by atoms with E-state index in [1.165, 1.54) is 12.8 Å². The van der Waals surface area contributed by atoms with Crippen molar-refractivity contribution in [2.24, 2.45) is 5.92 Å². The van der Waals surface area contributed by atoms with E-state index in [0.717, 1.165) is 37.1 Å². The van der Waals surface area contributed by atoms with Gasteiger partial charge in [-0.15, -0.1) is 0 Å². The van der Waals surface area contributed by atoms with Gasteiger partial charge in [0, 0.05) is 30.9 Å². The molecule has 2 heterocycles. The number of pyridine rings is 1. The number of rotatable bonds is 3. The van der Waals surface area contributed by atoms with Crippen LogP contribution in [-0.2, 0) is 0 Å². The van der Waals surface area contributed by atoms with Crippen molar-refractivity contribution in [1.29, 1.82) is 0 Å². The average molecular weight is 261 g/mol. The topological polar surface area (TPSA) is 28.2 Å². The van der Waals surface area contributed by atoms with Crippen LogP contribution in [0, 0.1) is 12.8 Å². The van der Waals surface area contributed by atoms with E-state index in [-0.39, 0.29) is 5.54 Å². The van der Waals surface area contributed by atoms with E-state index in [2.05, 4.69) is 61.1 Å². The Labute approximate surface area is 117 Å². The van der Waals surface area contributed by atoms with Gasteiger partial charge in [0.2, 0.25) is 0 Å². The SMILES string of the molecule is Cc1cccc(N2CCCC(CNC(C)(C)C)C2)n1. The van der Waals surface area contributed by atoms with Gasteiger partial charge in [0.05, 0.1) is 0 Å². The van der Waals surface area contributed by atoms with Crippen molar-refractivity contribution in [1.82, 2.24) is 10.3 Å². The van der Waals surface area contributed by atoms with Gasteiger partial charge in [0.25, 0.3) is 0 Å². The molecular formula is C16H27N3. The first-order valence-corrected chi connectivity index (χ1v) is 7.38. The molecule has 1 aliphatic rings. The Balaban J connectivity index is 1.94. The molecule has 0 aromatic carbocycles. The number of nitrogens with zero attached hydrogens (tertiary/aromatic N) is 2. The van der Waals surface area contributed by atoms with Crippen molar-refractivity contribution in [3.05, 3.63) is 23.9 Å². The maximum Gasteiger partial charge on any atom is 0.128 e. The fourth-order valence-electron chi connectivity index (χ4n) is 2.60. The minimum absolute atomic E-state index is 0.212. The number of piperidine rings is 1. The van der Waals surface area contributed by atoms with Crippen molar-refractivity contribution in [2.45, 2.75) is 46.1 Å². The zero-order chi connectivity index (χ0) is 13.9. The Morgan fingerprint density at radius 1 is 1.37 bits per heavy atom. The van der Waals surface area contributed by atoms with Gasteiger partial charge in [-0.25, -0.2) is 4.98 Å². The smallest absolute Gasteiger partial charge is 0.128 e. The lowest BCUT2D eigenvalue weighted by atomic mass is 9.96. The molecule has 0 amide bonds. The van der Waals surface area contributed by atoms with Gasteiger partial charge < -0.3 is 10.2 Å². The molecule has 2 rings (SSSR count). The molecule has 106 valence electrons. The number of hydrogen-bond acceptors (Lipinski definition) is 3. The molecule has 1 unspecified atom stereocenters. The number of aryl methyl sites for hydroxylation is 1. The van der Waals surface area contributed by atoms with Gasteiger partial charge in [-0.3, -0.25) is 0 Å². The van der Waals surface area contributed by atoms with E-state index in [1.54, 1.807) is 0 Å². The predicted octanol–water partition coefficient (Wildman–Crippen LogP) is 2.99. The van der Waals surface area contributed by atoms with Gasteiger partial charge in [0.15, 0.2) is 0 Å². The van der Waals surface area contributed by atoms with E-state index < -0.39 is 0 Å². The van der Waals surface area contributed by atoms with Gasteiger partial charge in [0.1, 0.15) is 5.82 Å². The largest absolute Gasteiger partial charge is 0.356 e. The second-order valence-electron chi connectivity index (χ2n) is 6.72. The summed E-state index contributed by atoms with van der Waals surface area (Å²) in [4.78, 5) is 7.08. The Morgan fingerprint density at radius 2 is 2.16 bits per heavy atom. The molecule has 0 radical (unpaired) electrons. The molecule has 0 saturated carbocycles. The lowest BCUT2D eigenvalue weighted by molar-refractivity contribution is 0.335. The van der Waals surface area contributed by atoms with Gasteiger partial charge in [-0.2, -0.15) is 0 Å². The molecule has 0 aliphatic carbocycles. The molecule has 0 bridgehead atoms. The van der Waals surface area contributed by atoms with Crippen molar-refractivity contribution in [2.75, 3.05) is 24.5 Å². The summed E-state index contributed by atoms with van der Waals surface area (Å²) >= 11 is 0. The van der Waals surface area contributed by atoms with Crippen LogP contribution in [0.25, 0.3) is 0 Å². The van der Waals surface area contributed by atoms with Crippen LogP contribution >= 0.6 is 0 Å². The van der Waals surface area contributed by atoms with Gasteiger partial charge in [-0.1, -0.05) is 6.07 Å². The van der Waals surface area contributed by atoms with Gasteiger partial charge >= 0.3 is 0 Å². The Kier molecular flexibility index (Phi) is 4.46. The first kappa shape index (κ1) is 14.3. The van der Waals surface area contributed by atoms with Crippen molar-refractivity contribution in [3.63, 3.8) is 0 Å². The highest BCUT2D eigenvalue weighted by Gasteiger charge is 2.22. The molecular weight excluding hydrogens is 234 g/mol. The van der Waals surface area contributed by atoms with Crippen LogP contribution < -0.4 is 10.2 Å². The first-order valence-electron chi connectivity index (χ1n) is 7.38. The van der Waals surface area contributed by atoms with Crippen LogP contribution in [0.5, 0.6) is 0 Å². The molecule has 1 aromatic heterocycles. The minimum Gasteiger partial charge on any atom is -0.356 e. The monoisotopic (exact) mass is 261 g/mol. The lowest BCUT2D eigenvalue weighted by Gasteiger charge is -2.35. The molecule has 1 aromatic rings. The summed E-state index contributed by atoms with van der Waals surface area (Å²) in [6.45, 7) is 12.1. The highest BCUT2D eigenvalue weighted by atomic mass is 15.2. The summed E-state index contributed by atoms with van der Waals surface area (Å²) in [6, 6.07) is 6.30. The second kappa shape index (κ2) is 5.91. The standard InChI is InChI=1S/C16H27N3/c1-13-7-5-9-15(18-13)19-10-6-8-14(12-19)11-17-16(2,3)4/h5,7,9,14,17H,6,8,10-12H2,1-4H3. The Hall–Kier alpha value is -1.09. The summed E-state index contributed by atoms with van der Waals surface area (Å²) in [7, 11) is 0. The number of hydrogen-bond donors (Lipinski definition) is 1. The van der Waals surface area contributed by atoms with Crippen LogP contribution in [0.4, 0.5) is 5.82 Å². The maximum absolute atomic E-state index is 4.65. The lowest BCUT2D eigenvalue weighted by Crippen LogP contribution is -2.44. The third-order valence-electron chi connectivity index (χ3n) is 3.64. The first-order chi connectivity index (χ1) is 8.94. The van der Waals surface area contributed by atoms with Crippen LogP contribution in [0.15, 0.2) is 18.2 Å². The van der Waals surface area contributed by atoms with Crippen molar-refractivity contribution < 1.29 is 0 Å². The van der Waals surface area contributed by atoms with Crippen LogP contribution in [0.3, 0.4) is 0 Å². The number of anilines is 1. The van der Waals surface area contributed by atoms with E-state index in [0.29, 0.717) is 0 Å². The molecule has 0 spiro atoms. The molecule has 19 heavy (non-hydrogen) atoms. The number of nitrogens with one attached hydrogen (secondary N) is 1. The summed E-state index contributed by atoms with van der Waals surface area (Å²) < 4.78 is 0. The fraction of sp³-hybridized carbons (Fsp3) is 0.688. The quantitative estimate of drug-likeness (QED) is 0.906. The van der Waals surface area contributed by atoms with E-state index in [4.69, 9.17) is 0 Å². The Bertz CT molecular complexity index is 409. The average Bonchev–Trinajstić information content (AvgIpc) is 2.36. The highest BCUT2D eigenvalue weighted by Crippen LogP contribution is 2.21. The molecule has 3 nitrogen and oxygen atoms in total. The number of aromatic nitrogens is 1. The summed E-state index contributed by atoms with van der Waals surface area (Å²) in [5.41, 5.74) is 1.32. The van der Waals surface area contributed by atoms with E-state index >= 15 is 0 Å². The second-order valence-corrected chi connectivity index (χ2v) is 6.72. The zero-order valence-corrected chi connectivity index (χ0v) is 12.7. The summed E-state index contributed by atoms with van der Waals surface area (Å²) in [6.07, 6.45) is 2.59. The highest BCUT2D eigenvalue weighted by molar-refractivity contribution is 5.39. The molecule has 1 saturated heterocycles. The molecule has 1 N–H and O–H groups in total. The third kappa shape index (κ3) is 4.50. The molecule has 1 fully saturated rings. The summed E-state index contributed by atoms with van der Waals surface area (Å²) in [5.74, 6) is 1.87. The maximum atomic E-state index is 4.65. The minimum atomic E-state index is 0.212. The molecule has 1 atom stereocenters. The Morgan fingerprint density at radius 3 is 2.84 bits per heavy atom. The molecule has 3 heteroatoms. The zero-order valence-electron chi connectivity index (χ0n) is 12.7. The normalized spacial score (nSPS) is 20.6. The van der Waals surface area contributed by atoms with Crippen LogP contribution in [0.2, 0.25) is 0 Å². The van der Waals surface area contributed by atoms with Gasteiger partial charge in [-0.05, 0) is 58.6 Å². The van der Waals surface area contributed by atoms with Crippen LogP contribution in [-0.4, -0.2) is 30.2 Å². The molecule has 1 aliphatic heterocycles. The third-order valence-corrected chi connectivity index (χ3v) is 3.64. The fourth-order valence-corrected chi connectivity index (χ4v) is 2.60. The van der Waals surface area contributed by atoms with Crippen molar-refractivity contribution >= 4 is 5.82 Å². The summed E-state index contributed by atoms with van der Waals surface area (Å²) in [5, 5.41) is 3.63. The van der Waals surface area contributed by atoms with Crippen LogP contribution in [0.1, 0.15) is 39.3 Å². The van der Waals surface area contributed by atoms with E-state index in [1.807, 2.05) is 0 Å².